The molecule has 144 valence electrons. The van der Waals surface area contributed by atoms with Gasteiger partial charge in [0.25, 0.3) is 0 Å². The Balaban J connectivity index is 1.31. The second-order valence-corrected chi connectivity index (χ2v) is 7.50. The smallest absolute Gasteiger partial charge is 0.420 e. The van der Waals surface area contributed by atoms with Crippen LogP contribution in [0.3, 0.4) is 0 Å². The number of hydrogen-bond donors (Lipinski definition) is 0. The molecule has 2 aliphatic heterocycles. The Morgan fingerprint density at radius 3 is 2.57 bits per heavy atom. The maximum absolute atomic E-state index is 13.1. The number of amides is 1. The number of carbonyl (C=O) groups is 1. The number of rotatable bonds is 4. The van der Waals surface area contributed by atoms with E-state index in [-0.39, 0.29) is 30.6 Å². The Morgan fingerprint density at radius 1 is 1.11 bits per heavy atom. The Hall–Kier alpha value is -3.09. The van der Waals surface area contributed by atoms with Gasteiger partial charge in [-0.25, -0.2) is 4.79 Å². The summed E-state index contributed by atoms with van der Waals surface area (Å²) in [6, 6.07) is 11.2. The molecule has 7 heteroatoms. The molecule has 1 aromatic carbocycles. The summed E-state index contributed by atoms with van der Waals surface area (Å²) < 4.78 is 12.8. The molecule has 0 spiro atoms. The van der Waals surface area contributed by atoms with Crippen LogP contribution in [0.25, 0.3) is 11.1 Å². The summed E-state index contributed by atoms with van der Waals surface area (Å²) in [6.45, 7) is 0.0126. The molecular formula is C21H21N3O4. The average Bonchev–Trinajstić information content (AvgIpc) is 3.16. The summed E-state index contributed by atoms with van der Waals surface area (Å²) in [5.74, 6) is 0.303. The molecule has 0 aliphatic carbocycles. The van der Waals surface area contributed by atoms with Gasteiger partial charge in [-0.15, -0.1) is 0 Å². The Kier molecular flexibility index (Phi) is 4.15. The maximum atomic E-state index is 13.1. The molecule has 0 N–H and O–H groups in total. The fourth-order valence-electron chi connectivity index (χ4n) is 4.62. The first-order valence-electron chi connectivity index (χ1n) is 9.65. The average molecular weight is 379 g/mol. The molecule has 2 fully saturated rings. The molecule has 5 rings (SSSR count). The monoisotopic (exact) mass is 379 g/mol. The fourth-order valence-corrected chi connectivity index (χ4v) is 4.62. The highest BCUT2D eigenvalue weighted by molar-refractivity contribution is 5.80. The van der Waals surface area contributed by atoms with Crippen LogP contribution < -0.4 is 10.5 Å². The van der Waals surface area contributed by atoms with E-state index in [1.165, 1.54) is 4.57 Å². The van der Waals surface area contributed by atoms with E-state index in [9.17, 15) is 9.59 Å². The first kappa shape index (κ1) is 17.0. The van der Waals surface area contributed by atoms with E-state index in [2.05, 4.69) is 4.98 Å². The van der Waals surface area contributed by atoms with Gasteiger partial charge < -0.3 is 14.1 Å². The standard InChI is InChI=1S/C21H21N3O4/c25-20(13-23-18-3-1-2-4-19(18)28-21(23)26)24-14-5-6-15(24)12-17(11-14)27-16-7-9-22-10-8-16/h1-4,7-10,14-15,17H,5-6,11-13H2. The van der Waals surface area contributed by atoms with Crippen LogP contribution >= 0.6 is 0 Å². The maximum Gasteiger partial charge on any atom is 0.420 e. The summed E-state index contributed by atoms with van der Waals surface area (Å²) >= 11 is 0. The van der Waals surface area contributed by atoms with Crippen molar-refractivity contribution in [2.45, 2.75) is 50.4 Å². The van der Waals surface area contributed by atoms with E-state index in [0.29, 0.717) is 11.1 Å². The van der Waals surface area contributed by atoms with Crippen LogP contribution in [0.4, 0.5) is 0 Å². The fraction of sp³-hybridized carbons (Fsp3) is 0.381. The highest BCUT2D eigenvalue weighted by Crippen LogP contribution is 2.37. The second-order valence-electron chi connectivity index (χ2n) is 7.50. The highest BCUT2D eigenvalue weighted by Gasteiger charge is 2.44. The largest absolute Gasteiger partial charge is 0.490 e. The number of piperidine rings is 1. The summed E-state index contributed by atoms with van der Waals surface area (Å²) in [5.41, 5.74) is 1.16. The lowest BCUT2D eigenvalue weighted by Crippen LogP contribution is -2.50. The number of oxazole rings is 1. The number of hydrogen-bond acceptors (Lipinski definition) is 5. The molecule has 2 saturated heterocycles. The van der Waals surface area contributed by atoms with Crippen LogP contribution in [0.5, 0.6) is 5.75 Å². The molecule has 2 bridgehead atoms. The summed E-state index contributed by atoms with van der Waals surface area (Å²) in [6.07, 6.45) is 7.12. The number of ether oxygens (including phenoxy) is 1. The lowest BCUT2D eigenvalue weighted by atomic mass is 9.99. The minimum absolute atomic E-state index is 0.0126. The van der Waals surface area contributed by atoms with Crippen molar-refractivity contribution in [1.82, 2.24) is 14.5 Å². The molecule has 0 radical (unpaired) electrons. The van der Waals surface area contributed by atoms with Gasteiger partial charge in [0, 0.05) is 37.3 Å². The van der Waals surface area contributed by atoms with E-state index in [1.807, 2.05) is 29.2 Å². The molecule has 2 aliphatic rings. The zero-order valence-electron chi connectivity index (χ0n) is 15.4. The van der Waals surface area contributed by atoms with Crippen LogP contribution in [0.1, 0.15) is 25.7 Å². The van der Waals surface area contributed by atoms with Gasteiger partial charge in [0.1, 0.15) is 18.4 Å². The number of fused-ring (bicyclic) bond motifs is 3. The SMILES string of the molecule is O=C(Cn1c(=O)oc2ccccc21)N1C2CCC1CC(Oc1ccncc1)C2. The molecule has 3 aromatic rings. The van der Waals surface area contributed by atoms with Crippen molar-refractivity contribution in [1.29, 1.82) is 0 Å². The Bertz CT molecular complexity index is 1040. The third-order valence-electron chi connectivity index (χ3n) is 5.80. The van der Waals surface area contributed by atoms with E-state index in [4.69, 9.17) is 9.15 Å². The van der Waals surface area contributed by atoms with Gasteiger partial charge in [-0.05, 0) is 37.1 Å². The molecule has 28 heavy (non-hydrogen) atoms. The van der Waals surface area contributed by atoms with Gasteiger partial charge in [-0.3, -0.25) is 14.3 Å². The Labute approximate surface area is 161 Å². The van der Waals surface area contributed by atoms with Gasteiger partial charge in [-0.2, -0.15) is 0 Å². The van der Waals surface area contributed by atoms with Gasteiger partial charge in [0.05, 0.1) is 5.52 Å². The van der Waals surface area contributed by atoms with E-state index in [1.54, 1.807) is 24.5 Å². The minimum atomic E-state index is -0.488. The van der Waals surface area contributed by atoms with E-state index in [0.717, 1.165) is 31.4 Å². The quantitative estimate of drug-likeness (QED) is 0.696. The molecule has 0 saturated carbocycles. The Morgan fingerprint density at radius 2 is 1.82 bits per heavy atom. The second kappa shape index (κ2) is 6.82. The van der Waals surface area contributed by atoms with Crippen molar-refractivity contribution < 1.29 is 13.9 Å². The number of aromatic nitrogens is 2. The highest BCUT2D eigenvalue weighted by atomic mass is 16.5. The zero-order chi connectivity index (χ0) is 19.1. The van der Waals surface area contributed by atoms with Crippen LogP contribution in [0, 0.1) is 0 Å². The summed E-state index contributed by atoms with van der Waals surface area (Å²) in [4.78, 5) is 31.2. The molecule has 7 nitrogen and oxygen atoms in total. The molecule has 2 aromatic heterocycles. The number of nitrogens with zero attached hydrogens (tertiary/aromatic N) is 3. The van der Waals surface area contributed by atoms with Gasteiger partial charge in [0.15, 0.2) is 5.58 Å². The lowest BCUT2D eigenvalue weighted by Gasteiger charge is -2.39. The van der Waals surface area contributed by atoms with Crippen molar-refractivity contribution >= 4 is 17.0 Å². The summed E-state index contributed by atoms with van der Waals surface area (Å²) in [5, 5.41) is 0. The molecule has 2 atom stereocenters. The van der Waals surface area contributed by atoms with Crippen molar-refractivity contribution in [2.24, 2.45) is 0 Å². The first-order valence-corrected chi connectivity index (χ1v) is 9.65. The van der Waals surface area contributed by atoms with Crippen LogP contribution in [0.2, 0.25) is 0 Å². The molecule has 2 unspecified atom stereocenters. The molecule has 1 amide bonds. The number of para-hydroxylation sites is 2. The predicted octanol–water partition coefficient (Wildman–Crippen LogP) is 2.59. The minimum Gasteiger partial charge on any atom is -0.490 e. The van der Waals surface area contributed by atoms with Crippen molar-refractivity contribution in [3.05, 3.63) is 59.3 Å². The van der Waals surface area contributed by atoms with E-state index >= 15 is 0 Å². The number of benzene rings is 1. The van der Waals surface area contributed by atoms with Crippen LogP contribution in [0.15, 0.2) is 58.0 Å². The molecule has 4 heterocycles. The van der Waals surface area contributed by atoms with Crippen molar-refractivity contribution in [2.75, 3.05) is 0 Å². The third-order valence-corrected chi connectivity index (χ3v) is 5.80. The van der Waals surface area contributed by atoms with Gasteiger partial charge in [0.2, 0.25) is 5.91 Å². The van der Waals surface area contributed by atoms with Crippen molar-refractivity contribution in [3.8, 4) is 5.75 Å². The lowest BCUT2D eigenvalue weighted by molar-refractivity contribution is -0.137. The van der Waals surface area contributed by atoms with Gasteiger partial charge >= 0.3 is 5.76 Å². The normalized spacial score (nSPS) is 23.9. The first-order chi connectivity index (χ1) is 13.7. The van der Waals surface area contributed by atoms with Crippen molar-refractivity contribution in [3.63, 3.8) is 0 Å². The number of pyridine rings is 1. The topological polar surface area (TPSA) is 77.6 Å². The summed E-state index contributed by atoms with van der Waals surface area (Å²) in [7, 11) is 0. The zero-order valence-corrected chi connectivity index (χ0v) is 15.4. The van der Waals surface area contributed by atoms with Crippen LogP contribution in [-0.4, -0.2) is 38.5 Å². The third kappa shape index (κ3) is 2.96. The van der Waals surface area contributed by atoms with E-state index < -0.39 is 5.76 Å². The van der Waals surface area contributed by atoms with Gasteiger partial charge in [-0.1, -0.05) is 12.1 Å². The van der Waals surface area contributed by atoms with Crippen LogP contribution in [-0.2, 0) is 11.3 Å². The molecular weight excluding hydrogens is 358 g/mol. The predicted molar refractivity (Wildman–Crippen MR) is 102 cm³/mol. The number of carbonyl (C=O) groups excluding carboxylic acids is 1.